The number of aryl methyl sites for hydroxylation is 1. The molecule has 0 saturated carbocycles. The molecule has 3 heterocycles. The van der Waals surface area contributed by atoms with E-state index in [-0.39, 0.29) is 17.3 Å². The van der Waals surface area contributed by atoms with Crippen LogP contribution in [0, 0.1) is 12.8 Å². The molecule has 0 unspecified atom stereocenters. The average molecular weight is 324 g/mol. The molecule has 0 aromatic carbocycles. The van der Waals surface area contributed by atoms with Crippen molar-refractivity contribution >= 4 is 5.82 Å². The minimum Gasteiger partial charge on any atom is -0.355 e. The van der Waals surface area contributed by atoms with Crippen LogP contribution >= 0.6 is 0 Å². The molecule has 1 aliphatic heterocycles. The van der Waals surface area contributed by atoms with Gasteiger partial charge in [0.05, 0.1) is 17.8 Å². The molecule has 2 aromatic rings. The van der Waals surface area contributed by atoms with E-state index >= 15 is 0 Å². The molecule has 23 heavy (non-hydrogen) atoms. The Bertz CT molecular complexity index is 766. The van der Waals surface area contributed by atoms with Gasteiger partial charge in [-0.05, 0) is 25.1 Å². The molecule has 3 rings (SSSR count). The lowest BCUT2D eigenvalue weighted by Gasteiger charge is -2.41. The molecule has 0 N–H and O–H groups in total. The predicted molar refractivity (Wildman–Crippen MR) is 78.2 cm³/mol. The molecule has 2 aromatic heterocycles. The molecule has 0 bridgehead atoms. The quantitative estimate of drug-likeness (QED) is 0.868. The molecule has 1 aliphatic rings. The second-order valence-electron chi connectivity index (χ2n) is 5.64. The Morgan fingerprint density at radius 3 is 2.70 bits per heavy atom. The summed E-state index contributed by atoms with van der Waals surface area (Å²) in [6.07, 6.45) is -3.08. The number of anilines is 1. The van der Waals surface area contributed by atoms with Crippen LogP contribution in [0.25, 0.3) is 0 Å². The zero-order chi connectivity index (χ0) is 16.6. The van der Waals surface area contributed by atoms with E-state index in [2.05, 4.69) is 10.1 Å². The van der Waals surface area contributed by atoms with Gasteiger partial charge in [-0.25, -0.2) is 9.67 Å². The summed E-state index contributed by atoms with van der Waals surface area (Å²) in [6, 6.07) is 5.39. The van der Waals surface area contributed by atoms with Crippen LogP contribution in [-0.4, -0.2) is 27.9 Å². The molecule has 1 fully saturated rings. The highest BCUT2D eigenvalue weighted by atomic mass is 19.4. The fourth-order valence-electron chi connectivity index (χ4n) is 2.65. The molecule has 8 heteroatoms. The Morgan fingerprint density at radius 2 is 2.00 bits per heavy atom. The van der Waals surface area contributed by atoms with E-state index in [4.69, 9.17) is 0 Å². The van der Waals surface area contributed by atoms with Crippen molar-refractivity contribution in [1.82, 2.24) is 14.8 Å². The number of aromatic nitrogens is 3. The summed E-state index contributed by atoms with van der Waals surface area (Å²) < 4.78 is 40.3. The van der Waals surface area contributed by atoms with Crippen molar-refractivity contribution < 1.29 is 13.2 Å². The summed E-state index contributed by atoms with van der Waals surface area (Å²) in [5.74, 6) is 0.0193. The van der Waals surface area contributed by atoms with Gasteiger partial charge >= 0.3 is 6.18 Å². The predicted octanol–water partition coefficient (Wildman–Crippen LogP) is 2.10. The van der Waals surface area contributed by atoms with Crippen molar-refractivity contribution in [1.29, 1.82) is 0 Å². The number of rotatable bonds is 3. The molecule has 0 spiro atoms. The van der Waals surface area contributed by atoms with Crippen LogP contribution in [0.5, 0.6) is 0 Å². The number of alkyl halides is 3. The lowest BCUT2D eigenvalue weighted by Crippen LogP contribution is -2.50. The van der Waals surface area contributed by atoms with Crippen LogP contribution in [0.3, 0.4) is 0 Å². The summed E-state index contributed by atoms with van der Waals surface area (Å²) in [6.45, 7) is 3.02. The van der Waals surface area contributed by atoms with E-state index in [1.165, 1.54) is 23.0 Å². The van der Waals surface area contributed by atoms with E-state index in [1.807, 2.05) is 0 Å². The minimum atomic E-state index is -4.43. The number of nitrogens with zero attached hydrogens (tertiary/aromatic N) is 4. The highest BCUT2D eigenvalue weighted by Crippen LogP contribution is 2.37. The SMILES string of the molecule is Cc1ccc(=O)n(CC2CN(c3ncccc3C(F)(F)F)C2)n1. The monoisotopic (exact) mass is 324 g/mol. The van der Waals surface area contributed by atoms with E-state index < -0.39 is 11.7 Å². The fourth-order valence-corrected chi connectivity index (χ4v) is 2.65. The second kappa shape index (κ2) is 5.68. The minimum absolute atomic E-state index is 0.0548. The van der Waals surface area contributed by atoms with Crippen LogP contribution in [0.2, 0.25) is 0 Å². The highest BCUT2D eigenvalue weighted by Gasteiger charge is 2.38. The Labute approximate surface area is 130 Å². The van der Waals surface area contributed by atoms with Crippen molar-refractivity contribution in [2.75, 3.05) is 18.0 Å². The number of hydrogen-bond acceptors (Lipinski definition) is 4. The van der Waals surface area contributed by atoms with Crippen LogP contribution < -0.4 is 10.5 Å². The zero-order valence-corrected chi connectivity index (χ0v) is 12.4. The zero-order valence-electron chi connectivity index (χ0n) is 12.4. The largest absolute Gasteiger partial charge is 0.419 e. The lowest BCUT2D eigenvalue weighted by atomic mass is 9.99. The standard InChI is InChI=1S/C15H15F3N4O/c1-10-4-5-13(23)22(20-10)9-11-7-21(8-11)14-12(15(16,17)18)3-2-6-19-14/h2-6,11H,7-9H2,1H3. The third-order valence-electron chi connectivity index (χ3n) is 3.78. The van der Waals surface area contributed by atoms with Crippen molar-refractivity contribution in [3.63, 3.8) is 0 Å². The topological polar surface area (TPSA) is 51.0 Å². The average Bonchev–Trinajstić information content (AvgIpc) is 2.45. The van der Waals surface area contributed by atoms with Gasteiger partial charge in [0.1, 0.15) is 5.82 Å². The molecule has 0 radical (unpaired) electrons. The number of halogens is 3. The van der Waals surface area contributed by atoms with Gasteiger partial charge in [0.25, 0.3) is 5.56 Å². The molecule has 5 nitrogen and oxygen atoms in total. The maximum absolute atomic E-state index is 13.0. The van der Waals surface area contributed by atoms with E-state index in [9.17, 15) is 18.0 Å². The smallest absolute Gasteiger partial charge is 0.355 e. The van der Waals surface area contributed by atoms with Gasteiger partial charge in [-0.3, -0.25) is 4.79 Å². The van der Waals surface area contributed by atoms with Crippen molar-refractivity contribution in [3.8, 4) is 0 Å². The van der Waals surface area contributed by atoms with Crippen molar-refractivity contribution in [2.45, 2.75) is 19.6 Å². The first kappa shape index (κ1) is 15.5. The normalized spacial score (nSPS) is 15.6. The third kappa shape index (κ3) is 3.20. The maximum atomic E-state index is 13.0. The van der Waals surface area contributed by atoms with Crippen LogP contribution in [0.4, 0.5) is 19.0 Å². The fraction of sp³-hybridized carbons (Fsp3) is 0.400. The van der Waals surface area contributed by atoms with Gasteiger partial charge in [-0.1, -0.05) is 0 Å². The number of hydrogen-bond donors (Lipinski definition) is 0. The second-order valence-corrected chi connectivity index (χ2v) is 5.64. The summed E-state index contributed by atoms with van der Waals surface area (Å²) in [5, 5.41) is 4.14. The Balaban J connectivity index is 1.70. The molecule has 0 amide bonds. The van der Waals surface area contributed by atoms with Crippen molar-refractivity contribution in [3.05, 3.63) is 52.1 Å². The first-order chi connectivity index (χ1) is 10.8. The first-order valence-electron chi connectivity index (χ1n) is 7.16. The summed E-state index contributed by atoms with van der Waals surface area (Å²) in [5.41, 5.74) is -0.211. The lowest BCUT2D eigenvalue weighted by molar-refractivity contribution is -0.137. The van der Waals surface area contributed by atoms with Gasteiger partial charge in [0.15, 0.2) is 0 Å². The maximum Gasteiger partial charge on any atom is 0.419 e. The third-order valence-corrected chi connectivity index (χ3v) is 3.78. The molecular formula is C15H15F3N4O. The Hall–Kier alpha value is -2.38. The van der Waals surface area contributed by atoms with Gasteiger partial charge in [-0.2, -0.15) is 18.3 Å². The Kier molecular flexibility index (Phi) is 3.83. The van der Waals surface area contributed by atoms with E-state index in [0.29, 0.717) is 19.6 Å². The summed E-state index contributed by atoms with van der Waals surface area (Å²) in [4.78, 5) is 17.1. The Morgan fingerprint density at radius 1 is 1.26 bits per heavy atom. The van der Waals surface area contributed by atoms with Gasteiger partial charge < -0.3 is 4.90 Å². The summed E-state index contributed by atoms with van der Waals surface area (Å²) in [7, 11) is 0. The van der Waals surface area contributed by atoms with Crippen molar-refractivity contribution in [2.24, 2.45) is 5.92 Å². The van der Waals surface area contributed by atoms with Crippen LogP contribution in [0.15, 0.2) is 35.3 Å². The van der Waals surface area contributed by atoms with Crippen LogP contribution in [-0.2, 0) is 12.7 Å². The molecular weight excluding hydrogens is 309 g/mol. The molecule has 0 aliphatic carbocycles. The van der Waals surface area contributed by atoms with E-state index in [1.54, 1.807) is 17.9 Å². The summed E-state index contributed by atoms with van der Waals surface area (Å²) >= 11 is 0. The van der Waals surface area contributed by atoms with Gasteiger partial charge in [0, 0.05) is 31.3 Å². The first-order valence-corrected chi connectivity index (χ1v) is 7.16. The molecule has 1 saturated heterocycles. The molecule has 122 valence electrons. The number of pyridine rings is 1. The highest BCUT2D eigenvalue weighted by molar-refractivity contribution is 5.50. The van der Waals surface area contributed by atoms with Gasteiger partial charge in [-0.15, -0.1) is 0 Å². The van der Waals surface area contributed by atoms with Gasteiger partial charge in [0.2, 0.25) is 0 Å². The van der Waals surface area contributed by atoms with E-state index in [0.717, 1.165) is 11.8 Å². The van der Waals surface area contributed by atoms with Crippen LogP contribution in [0.1, 0.15) is 11.3 Å². The molecule has 0 atom stereocenters.